The molecule has 4 saturated carbocycles. The Labute approximate surface area is 332 Å². The number of methoxy groups -OCH3 is 1. The van der Waals surface area contributed by atoms with Crippen molar-refractivity contribution in [1.29, 1.82) is 0 Å². The average Bonchev–Trinajstić information content (AvgIpc) is 3.13. The molecule has 56 heavy (non-hydrogen) atoms. The van der Waals surface area contributed by atoms with Gasteiger partial charge < -0.3 is 59.4 Å². The molecule has 5 aliphatic carbocycles. The Morgan fingerprint density at radius 2 is 1.38 bits per heavy atom. The SMILES string of the molecule is COC[C@H]1O[C@@H](O[C@H]2CC[C@]3(C)[C@H]4CC=C5[C@@H]6CC(C)(C)CC[C@]6(C(=O)O[C@@H]6O[C@H](CO)[C@@H](O)[C@H](O)[C@H]6O)CC[C@@]5(C)[C@]4(C)CC[C@H]3C2(C)C)[C@H](O)[C@@H](O)[C@@H]1O. The minimum Gasteiger partial charge on any atom is -0.432 e. The van der Waals surface area contributed by atoms with Crippen LogP contribution in [0.5, 0.6) is 0 Å². The predicted octanol–water partition coefficient (Wildman–Crippen LogP) is 2.97. The Morgan fingerprint density at radius 3 is 2.04 bits per heavy atom. The Hall–Kier alpha value is -1.23. The van der Waals surface area contributed by atoms with Crippen molar-refractivity contribution in [3.05, 3.63) is 11.6 Å². The van der Waals surface area contributed by atoms with E-state index in [-0.39, 0.29) is 45.7 Å². The van der Waals surface area contributed by atoms with E-state index >= 15 is 0 Å². The third-order valence-electron chi connectivity index (χ3n) is 17.4. The highest BCUT2D eigenvalue weighted by Gasteiger charge is 2.70. The van der Waals surface area contributed by atoms with E-state index in [1.807, 2.05) is 0 Å². The van der Waals surface area contributed by atoms with Crippen LogP contribution < -0.4 is 0 Å². The number of ether oxygens (including phenoxy) is 5. The molecule has 0 aromatic carbocycles. The molecule has 2 saturated heterocycles. The molecule has 13 nitrogen and oxygen atoms in total. The van der Waals surface area contributed by atoms with Crippen LogP contribution in [0.2, 0.25) is 0 Å². The summed E-state index contributed by atoms with van der Waals surface area (Å²) in [7, 11) is 1.50. The van der Waals surface area contributed by atoms with Gasteiger partial charge in [-0.2, -0.15) is 0 Å². The van der Waals surface area contributed by atoms with Crippen LogP contribution in [0.3, 0.4) is 0 Å². The van der Waals surface area contributed by atoms with Gasteiger partial charge in [-0.1, -0.05) is 60.1 Å². The van der Waals surface area contributed by atoms with E-state index in [0.29, 0.717) is 24.7 Å². The quantitative estimate of drug-likeness (QED) is 0.113. The fourth-order valence-corrected chi connectivity index (χ4v) is 13.7. The standard InChI is InChI=1S/C43H70O13/c1-38(2)15-17-43(37(51)56-36-34(50)31(47)29(45)24(20-44)53-36)18-16-41(6)22(23(43)19-38)9-10-27-40(5)13-12-28(39(3,4)26(40)11-14-42(27,41)7)55-35-33(49)32(48)30(46)25(54-35)21-52-8/h9,23-36,44-50H,10-21H2,1-8H3/t23-,24+,25+,26-,27+,28-,29+,30+,31-,32-,33+,34+,35-,36-,40-,41+,42+,43-/m0/s1. The van der Waals surface area contributed by atoms with Crippen LogP contribution in [0.1, 0.15) is 113 Å². The summed E-state index contributed by atoms with van der Waals surface area (Å²) in [5, 5.41) is 73.5. The second-order valence-corrected chi connectivity index (χ2v) is 20.9. The lowest BCUT2D eigenvalue weighted by Gasteiger charge is -2.71. The lowest BCUT2D eigenvalue weighted by molar-refractivity contribution is -0.330. The number of fused-ring (bicyclic) bond motifs is 7. The largest absolute Gasteiger partial charge is 0.432 e. The Kier molecular flexibility index (Phi) is 11.3. The summed E-state index contributed by atoms with van der Waals surface area (Å²) in [6.07, 6.45) is -3.01. The Bertz CT molecular complexity index is 1500. The van der Waals surface area contributed by atoms with Gasteiger partial charge in [0.25, 0.3) is 0 Å². The molecule has 0 amide bonds. The molecule has 320 valence electrons. The van der Waals surface area contributed by atoms with Gasteiger partial charge in [0.15, 0.2) is 6.29 Å². The number of carbonyl (C=O) groups excluding carboxylic acids is 1. The Balaban J connectivity index is 1.15. The van der Waals surface area contributed by atoms with E-state index in [1.54, 1.807) is 0 Å². The van der Waals surface area contributed by atoms with Gasteiger partial charge in [-0.05, 0) is 109 Å². The number of hydrogen-bond donors (Lipinski definition) is 7. The first kappa shape index (κ1) is 42.9. The summed E-state index contributed by atoms with van der Waals surface area (Å²) >= 11 is 0. The molecule has 0 unspecified atom stereocenters. The number of aliphatic hydroxyl groups excluding tert-OH is 7. The minimum absolute atomic E-state index is 0.00614. The molecule has 6 fully saturated rings. The van der Waals surface area contributed by atoms with Crippen LogP contribution in [-0.4, -0.2) is 130 Å². The van der Waals surface area contributed by atoms with Gasteiger partial charge in [0, 0.05) is 7.11 Å². The van der Waals surface area contributed by atoms with E-state index < -0.39 is 79.4 Å². The van der Waals surface area contributed by atoms with Gasteiger partial charge in [-0.15, -0.1) is 0 Å². The monoisotopic (exact) mass is 794 g/mol. The van der Waals surface area contributed by atoms with E-state index in [0.717, 1.165) is 51.4 Å². The molecule has 0 bridgehead atoms. The molecular formula is C43H70O13. The molecule has 0 spiro atoms. The highest BCUT2D eigenvalue weighted by molar-refractivity contribution is 5.79. The third-order valence-corrected chi connectivity index (χ3v) is 17.4. The van der Waals surface area contributed by atoms with E-state index in [9.17, 15) is 40.5 Å². The van der Waals surface area contributed by atoms with Crippen LogP contribution in [0.4, 0.5) is 0 Å². The molecule has 0 radical (unpaired) electrons. The fraction of sp³-hybridized carbons (Fsp3) is 0.930. The third kappa shape index (κ3) is 6.39. The van der Waals surface area contributed by atoms with Gasteiger partial charge in [-0.25, -0.2) is 0 Å². The molecule has 0 aromatic rings. The van der Waals surface area contributed by atoms with E-state index in [2.05, 4.69) is 54.5 Å². The summed E-state index contributed by atoms with van der Waals surface area (Å²) in [5.41, 5.74) is -0.0496. The highest BCUT2D eigenvalue weighted by Crippen LogP contribution is 2.76. The summed E-state index contributed by atoms with van der Waals surface area (Å²) in [5.74, 6) is 0.147. The van der Waals surface area contributed by atoms with Crippen molar-refractivity contribution in [3.8, 4) is 0 Å². The zero-order chi connectivity index (χ0) is 41.0. The van der Waals surface area contributed by atoms with Crippen molar-refractivity contribution < 1.29 is 64.2 Å². The molecule has 2 aliphatic heterocycles. The number of allylic oxidation sites excluding steroid dienone is 2. The zero-order valence-corrected chi connectivity index (χ0v) is 34.7. The molecule has 7 rings (SSSR count). The van der Waals surface area contributed by atoms with Gasteiger partial charge in [-0.3, -0.25) is 4.79 Å². The smallest absolute Gasteiger partial charge is 0.315 e. The highest BCUT2D eigenvalue weighted by atomic mass is 16.7. The maximum absolute atomic E-state index is 14.6. The normalized spacial score (nSPS) is 52.4. The zero-order valence-electron chi connectivity index (χ0n) is 34.7. The first-order chi connectivity index (χ1) is 26.1. The van der Waals surface area contributed by atoms with Crippen molar-refractivity contribution in [1.82, 2.24) is 0 Å². The van der Waals surface area contributed by atoms with Gasteiger partial charge in [0.2, 0.25) is 6.29 Å². The van der Waals surface area contributed by atoms with Crippen molar-refractivity contribution >= 4 is 5.97 Å². The van der Waals surface area contributed by atoms with Crippen LogP contribution in [0, 0.1) is 50.2 Å². The Morgan fingerprint density at radius 1 is 0.750 bits per heavy atom. The topological polar surface area (TPSA) is 205 Å². The molecule has 2 heterocycles. The van der Waals surface area contributed by atoms with Crippen LogP contribution in [0.15, 0.2) is 11.6 Å². The fourth-order valence-electron chi connectivity index (χ4n) is 13.7. The predicted molar refractivity (Wildman–Crippen MR) is 202 cm³/mol. The van der Waals surface area contributed by atoms with Crippen LogP contribution in [-0.2, 0) is 28.5 Å². The number of carbonyl (C=O) groups is 1. The van der Waals surface area contributed by atoms with Crippen LogP contribution >= 0.6 is 0 Å². The van der Waals surface area contributed by atoms with E-state index in [1.165, 1.54) is 12.7 Å². The summed E-state index contributed by atoms with van der Waals surface area (Å²) in [6, 6.07) is 0. The number of esters is 1. The lowest BCUT2D eigenvalue weighted by Crippen LogP contribution is -2.66. The summed E-state index contributed by atoms with van der Waals surface area (Å²) < 4.78 is 29.5. The molecule has 7 N–H and O–H groups in total. The van der Waals surface area contributed by atoms with Crippen molar-refractivity contribution in [2.75, 3.05) is 20.3 Å². The molecule has 0 aromatic heterocycles. The van der Waals surface area contributed by atoms with Crippen molar-refractivity contribution in [2.24, 2.45) is 50.2 Å². The first-order valence-electron chi connectivity index (χ1n) is 21.2. The minimum atomic E-state index is -1.65. The van der Waals surface area contributed by atoms with Crippen molar-refractivity contribution in [2.45, 2.75) is 180 Å². The molecule has 18 atom stereocenters. The average molecular weight is 795 g/mol. The number of rotatable bonds is 7. The van der Waals surface area contributed by atoms with Gasteiger partial charge >= 0.3 is 5.97 Å². The second kappa shape index (κ2) is 14.7. The second-order valence-electron chi connectivity index (χ2n) is 20.9. The molecular weight excluding hydrogens is 724 g/mol. The summed E-state index contributed by atoms with van der Waals surface area (Å²) in [6.45, 7) is 15.9. The van der Waals surface area contributed by atoms with Gasteiger partial charge in [0.05, 0.1) is 24.7 Å². The van der Waals surface area contributed by atoms with E-state index in [4.69, 9.17) is 23.7 Å². The lowest BCUT2D eigenvalue weighted by atomic mass is 9.33. The maximum Gasteiger partial charge on any atom is 0.315 e. The molecule has 13 heteroatoms. The molecule has 7 aliphatic rings. The van der Waals surface area contributed by atoms with Crippen LogP contribution in [0.25, 0.3) is 0 Å². The number of hydrogen-bond acceptors (Lipinski definition) is 13. The van der Waals surface area contributed by atoms with Crippen molar-refractivity contribution in [3.63, 3.8) is 0 Å². The summed E-state index contributed by atoms with van der Waals surface area (Å²) in [4.78, 5) is 14.6. The first-order valence-corrected chi connectivity index (χ1v) is 21.2. The maximum atomic E-state index is 14.6. The van der Waals surface area contributed by atoms with Gasteiger partial charge in [0.1, 0.15) is 48.8 Å². The number of aliphatic hydroxyl groups is 7.